The van der Waals surface area contributed by atoms with E-state index in [4.69, 9.17) is 4.74 Å². The third kappa shape index (κ3) is 2.92. The van der Waals surface area contributed by atoms with Crippen molar-refractivity contribution in [3.8, 4) is 0 Å². The number of nitrogens with one attached hydrogen (secondary N) is 1. The molecule has 1 aliphatic carbocycles. The number of hydrogen-bond acceptors (Lipinski definition) is 3. The molecule has 0 aromatic heterocycles. The van der Waals surface area contributed by atoms with Crippen molar-refractivity contribution in [2.45, 2.75) is 51.2 Å². The first-order valence-electron chi connectivity index (χ1n) is 6.19. The van der Waals surface area contributed by atoms with Gasteiger partial charge in [-0.15, -0.1) is 0 Å². The van der Waals surface area contributed by atoms with Crippen molar-refractivity contribution in [2.24, 2.45) is 5.41 Å². The van der Waals surface area contributed by atoms with Crippen molar-refractivity contribution < 1.29 is 9.84 Å². The third-order valence-corrected chi connectivity index (χ3v) is 3.97. The van der Waals surface area contributed by atoms with Crippen LogP contribution in [0, 0.1) is 5.41 Å². The van der Waals surface area contributed by atoms with Crippen LogP contribution in [-0.2, 0) is 4.74 Å². The van der Waals surface area contributed by atoms with E-state index in [1.165, 1.54) is 6.42 Å². The molecule has 0 bridgehead atoms. The van der Waals surface area contributed by atoms with Crippen molar-refractivity contribution in [1.29, 1.82) is 0 Å². The zero-order valence-electron chi connectivity index (χ0n) is 9.67. The molecule has 88 valence electrons. The molecule has 0 aromatic rings. The second kappa shape index (κ2) is 4.81. The standard InChI is InChI=1S/C12H23NO2/c1-12(5-7-15-8-6-12)9-13-10-3-2-4-11(10)14/h10-11,13-14H,2-9H2,1H3. The Kier molecular flexibility index (Phi) is 3.65. The molecule has 2 fully saturated rings. The largest absolute Gasteiger partial charge is 0.392 e. The SMILES string of the molecule is CC1(CNC2CCCC2O)CCOCC1. The van der Waals surface area contributed by atoms with Gasteiger partial charge in [0.2, 0.25) is 0 Å². The molecule has 1 saturated carbocycles. The molecule has 2 atom stereocenters. The summed E-state index contributed by atoms with van der Waals surface area (Å²) < 4.78 is 5.38. The summed E-state index contributed by atoms with van der Waals surface area (Å²) in [6.45, 7) is 5.14. The van der Waals surface area contributed by atoms with E-state index in [9.17, 15) is 5.11 Å². The molecule has 0 radical (unpaired) electrons. The third-order valence-electron chi connectivity index (χ3n) is 3.97. The summed E-state index contributed by atoms with van der Waals surface area (Å²) in [5.41, 5.74) is 0.376. The molecule has 1 aliphatic heterocycles. The predicted octanol–water partition coefficient (Wildman–Crippen LogP) is 1.31. The summed E-state index contributed by atoms with van der Waals surface area (Å²) in [6.07, 6.45) is 5.43. The molecule has 2 aliphatic rings. The van der Waals surface area contributed by atoms with E-state index in [0.717, 1.165) is 45.4 Å². The molecule has 1 saturated heterocycles. The number of aliphatic hydroxyl groups excluding tert-OH is 1. The summed E-state index contributed by atoms with van der Waals surface area (Å²) in [5, 5.41) is 13.3. The van der Waals surface area contributed by atoms with E-state index in [1.54, 1.807) is 0 Å². The van der Waals surface area contributed by atoms with Crippen molar-refractivity contribution in [2.75, 3.05) is 19.8 Å². The highest BCUT2D eigenvalue weighted by atomic mass is 16.5. The first-order chi connectivity index (χ1) is 7.20. The second-order valence-corrected chi connectivity index (χ2v) is 5.41. The lowest BCUT2D eigenvalue weighted by Crippen LogP contribution is -2.44. The Balaban J connectivity index is 1.76. The number of aliphatic hydroxyl groups is 1. The van der Waals surface area contributed by atoms with E-state index in [0.29, 0.717) is 11.5 Å². The van der Waals surface area contributed by atoms with Gasteiger partial charge in [0.05, 0.1) is 6.10 Å². The van der Waals surface area contributed by atoms with Gasteiger partial charge in [0, 0.05) is 25.8 Å². The van der Waals surface area contributed by atoms with Crippen molar-refractivity contribution in [3.63, 3.8) is 0 Å². The minimum Gasteiger partial charge on any atom is -0.392 e. The van der Waals surface area contributed by atoms with E-state index in [1.807, 2.05) is 0 Å². The fourth-order valence-corrected chi connectivity index (χ4v) is 2.60. The van der Waals surface area contributed by atoms with Gasteiger partial charge >= 0.3 is 0 Å². The molecule has 1 heterocycles. The summed E-state index contributed by atoms with van der Waals surface area (Å²) in [7, 11) is 0. The fourth-order valence-electron chi connectivity index (χ4n) is 2.60. The summed E-state index contributed by atoms with van der Waals surface area (Å²) in [4.78, 5) is 0. The average Bonchev–Trinajstić information content (AvgIpc) is 2.62. The zero-order chi connectivity index (χ0) is 10.7. The summed E-state index contributed by atoms with van der Waals surface area (Å²) in [6, 6.07) is 0.338. The Morgan fingerprint density at radius 2 is 2.07 bits per heavy atom. The summed E-state index contributed by atoms with van der Waals surface area (Å²) in [5.74, 6) is 0. The molecular weight excluding hydrogens is 190 g/mol. The Hall–Kier alpha value is -0.120. The van der Waals surface area contributed by atoms with Crippen molar-refractivity contribution in [1.82, 2.24) is 5.32 Å². The molecular formula is C12H23NO2. The van der Waals surface area contributed by atoms with Gasteiger partial charge < -0.3 is 15.2 Å². The molecule has 0 amide bonds. The Morgan fingerprint density at radius 1 is 1.33 bits per heavy atom. The number of hydrogen-bond donors (Lipinski definition) is 2. The minimum absolute atomic E-state index is 0.117. The molecule has 3 nitrogen and oxygen atoms in total. The highest BCUT2D eigenvalue weighted by Gasteiger charge is 2.30. The van der Waals surface area contributed by atoms with Gasteiger partial charge in [0.15, 0.2) is 0 Å². The minimum atomic E-state index is -0.117. The van der Waals surface area contributed by atoms with Crippen LogP contribution in [0.2, 0.25) is 0 Å². The average molecular weight is 213 g/mol. The van der Waals surface area contributed by atoms with Gasteiger partial charge in [-0.2, -0.15) is 0 Å². The maximum Gasteiger partial charge on any atom is 0.0693 e. The van der Waals surface area contributed by atoms with Crippen LogP contribution in [0.1, 0.15) is 39.0 Å². The lowest BCUT2D eigenvalue weighted by Gasteiger charge is -2.35. The second-order valence-electron chi connectivity index (χ2n) is 5.41. The lowest BCUT2D eigenvalue weighted by atomic mass is 9.82. The predicted molar refractivity (Wildman–Crippen MR) is 59.8 cm³/mol. The normalized spacial score (nSPS) is 35.6. The summed E-state index contributed by atoms with van der Waals surface area (Å²) >= 11 is 0. The topological polar surface area (TPSA) is 41.5 Å². The van der Waals surface area contributed by atoms with Gasteiger partial charge in [-0.25, -0.2) is 0 Å². The molecule has 15 heavy (non-hydrogen) atoms. The zero-order valence-corrected chi connectivity index (χ0v) is 9.67. The lowest BCUT2D eigenvalue weighted by molar-refractivity contribution is 0.0205. The van der Waals surface area contributed by atoms with Gasteiger partial charge in [-0.3, -0.25) is 0 Å². The maximum atomic E-state index is 9.72. The van der Waals surface area contributed by atoms with Gasteiger partial charge in [-0.1, -0.05) is 6.92 Å². The fraction of sp³-hybridized carbons (Fsp3) is 1.00. The number of ether oxygens (including phenoxy) is 1. The van der Waals surface area contributed by atoms with Crippen LogP contribution >= 0.6 is 0 Å². The first kappa shape index (κ1) is 11.4. The van der Waals surface area contributed by atoms with Crippen LogP contribution in [-0.4, -0.2) is 37.0 Å². The van der Waals surface area contributed by atoms with Crippen LogP contribution in [0.15, 0.2) is 0 Å². The molecule has 2 N–H and O–H groups in total. The molecule has 3 heteroatoms. The van der Waals surface area contributed by atoms with Gasteiger partial charge in [0.1, 0.15) is 0 Å². The monoisotopic (exact) mass is 213 g/mol. The van der Waals surface area contributed by atoms with Gasteiger partial charge in [0.25, 0.3) is 0 Å². The van der Waals surface area contributed by atoms with E-state index in [-0.39, 0.29) is 6.10 Å². The molecule has 0 spiro atoms. The van der Waals surface area contributed by atoms with Crippen molar-refractivity contribution >= 4 is 0 Å². The van der Waals surface area contributed by atoms with E-state index in [2.05, 4.69) is 12.2 Å². The Labute approximate surface area is 92.2 Å². The van der Waals surface area contributed by atoms with Crippen LogP contribution in [0.5, 0.6) is 0 Å². The maximum absolute atomic E-state index is 9.72. The van der Waals surface area contributed by atoms with Crippen LogP contribution in [0.4, 0.5) is 0 Å². The molecule has 0 aromatic carbocycles. The number of rotatable bonds is 3. The highest BCUT2D eigenvalue weighted by Crippen LogP contribution is 2.29. The quantitative estimate of drug-likeness (QED) is 0.742. The molecule has 2 unspecified atom stereocenters. The highest BCUT2D eigenvalue weighted by molar-refractivity contribution is 4.86. The first-order valence-corrected chi connectivity index (χ1v) is 6.19. The Bertz CT molecular complexity index is 202. The van der Waals surface area contributed by atoms with Crippen molar-refractivity contribution in [3.05, 3.63) is 0 Å². The van der Waals surface area contributed by atoms with Gasteiger partial charge in [-0.05, 0) is 37.5 Å². The van der Waals surface area contributed by atoms with E-state index >= 15 is 0 Å². The van der Waals surface area contributed by atoms with Crippen LogP contribution in [0.3, 0.4) is 0 Å². The van der Waals surface area contributed by atoms with Crippen LogP contribution in [0.25, 0.3) is 0 Å². The molecule has 2 rings (SSSR count). The Morgan fingerprint density at radius 3 is 2.67 bits per heavy atom. The van der Waals surface area contributed by atoms with Crippen LogP contribution < -0.4 is 5.32 Å². The smallest absolute Gasteiger partial charge is 0.0693 e. The van der Waals surface area contributed by atoms with E-state index < -0.39 is 0 Å².